The summed E-state index contributed by atoms with van der Waals surface area (Å²) in [7, 11) is 2.74. The number of carbonyl (C=O) groups is 1. The van der Waals surface area contributed by atoms with Gasteiger partial charge in [-0.15, -0.1) is 0 Å². The number of alkyl halides is 3. The first kappa shape index (κ1) is 25.1. The molecule has 0 amide bonds. The van der Waals surface area contributed by atoms with Gasteiger partial charge in [-0.2, -0.15) is 13.2 Å². The van der Waals surface area contributed by atoms with Crippen molar-refractivity contribution >= 4 is 44.8 Å². The zero-order valence-electron chi connectivity index (χ0n) is 15.6. The molecule has 0 aliphatic carbocycles. The van der Waals surface area contributed by atoms with E-state index in [9.17, 15) is 28.1 Å². The van der Waals surface area contributed by atoms with Crippen LogP contribution in [0.25, 0.3) is 0 Å². The van der Waals surface area contributed by atoms with E-state index in [0.717, 1.165) is 24.3 Å². The van der Waals surface area contributed by atoms with Crippen LogP contribution in [0.3, 0.4) is 0 Å². The van der Waals surface area contributed by atoms with Gasteiger partial charge in [-0.3, -0.25) is 10.1 Å². The van der Waals surface area contributed by atoms with E-state index in [1.54, 1.807) is 0 Å². The number of benzene rings is 2. The van der Waals surface area contributed by atoms with Crippen LogP contribution in [-0.2, 0) is 10.9 Å². The van der Waals surface area contributed by atoms with Crippen LogP contribution < -0.4 is 4.74 Å². The molecule has 1 N–H and O–H groups in total. The molecule has 0 radical (unpaired) electrons. The summed E-state index contributed by atoms with van der Waals surface area (Å²) < 4.78 is 48.7. The summed E-state index contributed by atoms with van der Waals surface area (Å²) in [4.78, 5) is 22.8. The van der Waals surface area contributed by atoms with Gasteiger partial charge in [0.25, 0.3) is 5.69 Å². The van der Waals surface area contributed by atoms with Gasteiger partial charge in [-0.1, -0.05) is 33.2 Å². The number of nitro benzene ring substituents is 1. The number of hydrogen-bond donors (Lipinski definition) is 1. The average Bonchev–Trinajstić information content (AvgIpc) is 2.71. The topological polar surface area (TPSA) is 98.9 Å². The summed E-state index contributed by atoms with van der Waals surface area (Å²) in [5, 5.41) is 19.6. The Morgan fingerprint density at radius 1 is 1.16 bits per heavy atom. The Morgan fingerprint density at radius 3 is 2.48 bits per heavy atom. The maximum absolute atomic E-state index is 12.7. The van der Waals surface area contributed by atoms with Gasteiger partial charge in [0.15, 0.2) is 0 Å². The summed E-state index contributed by atoms with van der Waals surface area (Å²) >= 11 is 5.85. The van der Waals surface area contributed by atoms with Crippen molar-refractivity contribution in [2.24, 2.45) is 0 Å². The minimum absolute atomic E-state index is 0.0133. The molecule has 0 saturated carbocycles. The highest BCUT2D eigenvalue weighted by atomic mass is 35.5. The molecule has 0 unspecified atom stereocenters. The van der Waals surface area contributed by atoms with E-state index < -0.39 is 28.3 Å². The van der Waals surface area contributed by atoms with E-state index in [2.05, 4.69) is 0 Å². The van der Waals surface area contributed by atoms with Gasteiger partial charge in [0.05, 0.1) is 22.1 Å². The maximum Gasteiger partial charge on any atom is 0.416 e. The third-order valence-electron chi connectivity index (χ3n) is 3.53. The molecular weight excluding hydrogens is 483 g/mol. The molecule has 168 valence electrons. The van der Waals surface area contributed by atoms with Crippen LogP contribution in [0.15, 0.2) is 36.4 Å². The van der Waals surface area contributed by atoms with Gasteiger partial charge in [-0.25, -0.2) is 4.79 Å². The molecule has 0 spiro atoms. The van der Waals surface area contributed by atoms with Gasteiger partial charge in [0.1, 0.15) is 23.7 Å². The highest BCUT2D eigenvalue weighted by Gasteiger charge is 2.31. The zero-order valence-corrected chi connectivity index (χ0v) is 17.9. The van der Waals surface area contributed by atoms with Crippen LogP contribution in [0, 0.1) is 10.1 Å². The Morgan fingerprint density at radius 2 is 1.87 bits per heavy atom. The molecule has 0 saturated heterocycles. The van der Waals surface area contributed by atoms with E-state index >= 15 is 0 Å². The van der Waals surface area contributed by atoms with E-state index in [4.69, 9.17) is 26.2 Å². The van der Waals surface area contributed by atoms with Crippen molar-refractivity contribution in [1.29, 1.82) is 0 Å². The van der Waals surface area contributed by atoms with Crippen LogP contribution >= 0.6 is 33.2 Å². The fourth-order valence-electron chi connectivity index (χ4n) is 2.19. The van der Waals surface area contributed by atoms with Crippen molar-refractivity contribution in [3.63, 3.8) is 0 Å². The van der Waals surface area contributed by atoms with Crippen molar-refractivity contribution < 1.29 is 37.5 Å². The van der Waals surface area contributed by atoms with Gasteiger partial charge in [-0.05, 0) is 24.3 Å². The van der Waals surface area contributed by atoms with E-state index in [1.165, 1.54) is 27.7 Å². The molecule has 0 bridgehead atoms. The second-order valence-corrected chi connectivity index (χ2v) is 8.79. The summed E-state index contributed by atoms with van der Waals surface area (Å²) in [5.74, 6) is -0.215. The lowest BCUT2D eigenvalue weighted by molar-refractivity contribution is -0.385. The van der Waals surface area contributed by atoms with Crippen molar-refractivity contribution in [2.75, 3.05) is 24.7 Å². The van der Waals surface area contributed by atoms with Crippen molar-refractivity contribution in [3.05, 3.63) is 62.7 Å². The lowest BCUT2D eigenvalue weighted by atomic mass is 10.1. The number of carbonyl (C=O) groups excluding carboxylic acids is 1. The molecule has 31 heavy (non-hydrogen) atoms. The largest absolute Gasteiger partial charge is 0.461 e. The Kier molecular flexibility index (Phi) is 9.29. The van der Waals surface area contributed by atoms with Gasteiger partial charge < -0.3 is 14.6 Å². The molecule has 0 heterocycles. The Bertz CT molecular complexity index is 945. The Balaban J connectivity index is 2.16. The highest BCUT2D eigenvalue weighted by molar-refractivity contribution is 8.76. The maximum atomic E-state index is 12.7. The van der Waals surface area contributed by atoms with Crippen LogP contribution in [0.4, 0.5) is 18.9 Å². The molecule has 2 rings (SSSR count). The van der Waals surface area contributed by atoms with Crippen molar-refractivity contribution in [3.8, 4) is 11.5 Å². The number of aliphatic hydroxyl groups is 1. The first-order valence-corrected chi connectivity index (χ1v) is 11.4. The molecule has 0 atom stereocenters. The van der Waals surface area contributed by atoms with Crippen molar-refractivity contribution in [1.82, 2.24) is 0 Å². The molecule has 0 aromatic heterocycles. The molecule has 2 aromatic rings. The van der Waals surface area contributed by atoms with Crippen molar-refractivity contribution in [2.45, 2.75) is 6.18 Å². The number of hydrogen-bond acceptors (Lipinski definition) is 8. The lowest BCUT2D eigenvalue weighted by Gasteiger charge is -2.12. The summed E-state index contributed by atoms with van der Waals surface area (Å²) in [6.45, 7) is -0.00566. The predicted octanol–water partition coefficient (Wildman–Crippen LogP) is 5.59. The SMILES string of the molecule is O=C(OCCSSCCO)c1cc(Oc2ccc(C(F)(F)F)cc2Cl)ccc1[N+](=O)[O-]. The first-order valence-electron chi connectivity index (χ1n) is 8.49. The van der Waals surface area contributed by atoms with E-state index in [1.807, 2.05) is 0 Å². The number of aliphatic hydroxyl groups excluding tert-OH is 1. The minimum Gasteiger partial charge on any atom is -0.461 e. The summed E-state index contributed by atoms with van der Waals surface area (Å²) in [6, 6.07) is 5.73. The highest BCUT2D eigenvalue weighted by Crippen LogP contribution is 2.37. The number of nitro groups is 1. The molecular formula is C18H15ClF3NO6S2. The van der Waals surface area contributed by atoms with Gasteiger partial charge in [0.2, 0.25) is 0 Å². The van der Waals surface area contributed by atoms with E-state index in [0.29, 0.717) is 17.6 Å². The van der Waals surface area contributed by atoms with Gasteiger partial charge >= 0.3 is 12.1 Å². The fourth-order valence-corrected chi connectivity index (χ4v) is 4.01. The normalized spacial score (nSPS) is 11.3. The monoisotopic (exact) mass is 497 g/mol. The average molecular weight is 498 g/mol. The number of ether oxygens (including phenoxy) is 2. The van der Waals surface area contributed by atoms with E-state index in [-0.39, 0.29) is 35.3 Å². The number of nitrogens with zero attached hydrogens (tertiary/aromatic N) is 1. The second kappa shape index (κ2) is 11.5. The summed E-state index contributed by atoms with van der Waals surface area (Å²) in [5.41, 5.74) is -1.86. The molecule has 0 aliphatic heterocycles. The van der Waals surface area contributed by atoms with Crippen LogP contribution in [0.2, 0.25) is 5.02 Å². The smallest absolute Gasteiger partial charge is 0.416 e. The third kappa shape index (κ3) is 7.49. The standard InChI is InChI=1S/C18H15ClF3NO6S2/c19-14-9-11(18(20,21)22)1-4-16(14)29-12-2-3-15(23(26)27)13(10-12)17(25)28-6-8-31-30-7-5-24/h1-4,9-10,24H,5-8H2. The number of rotatable bonds is 10. The molecule has 7 nitrogen and oxygen atoms in total. The van der Waals surface area contributed by atoms with Crippen LogP contribution in [0.5, 0.6) is 11.5 Å². The predicted molar refractivity (Wildman–Crippen MR) is 112 cm³/mol. The Labute approximate surface area is 187 Å². The van der Waals surface area contributed by atoms with Crippen LogP contribution in [-0.4, -0.2) is 40.7 Å². The molecule has 13 heteroatoms. The fraction of sp³-hybridized carbons (Fsp3) is 0.278. The molecule has 0 aliphatic rings. The minimum atomic E-state index is -4.58. The Hall–Kier alpha value is -2.15. The molecule has 2 aromatic carbocycles. The third-order valence-corrected chi connectivity index (χ3v) is 6.17. The quantitative estimate of drug-likeness (QED) is 0.149. The summed E-state index contributed by atoms with van der Waals surface area (Å²) in [6.07, 6.45) is -4.58. The zero-order chi connectivity index (χ0) is 23.0. The number of esters is 1. The lowest BCUT2D eigenvalue weighted by Crippen LogP contribution is -2.10. The molecule has 0 fully saturated rings. The second-order valence-electron chi connectivity index (χ2n) is 5.68. The van der Waals surface area contributed by atoms with Crippen LogP contribution in [0.1, 0.15) is 15.9 Å². The van der Waals surface area contributed by atoms with Gasteiger partial charge in [0, 0.05) is 23.6 Å². The number of halogens is 4. The first-order chi connectivity index (χ1) is 14.6.